The normalized spacial score (nSPS) is 12.7. The van der Waals surface area contributed by atoms with Crippen LogP contribution in [0, 0.1) is 0 Å². The fourth-order valence-corrected chi connectivity index (χ4v) is 3.59. The Morgan fingerprint density at radius 3 is 2.39 bits per heavy atom. The van der Waals surface area contributed by atoms with Crippen molar-refractivity contribution in [2.45, 2.75) is 83.3 Å². The maximum absolute atomic E-state index is 11.0. The summed E-state index contributed by atoms with van der Waals surface area (Å²) in [5, 5.41) is 31.7. The zero-order valence-electron chi connectivity index (χ0n) is 18.9. The number of carboxylic acids is 1. The quantitative estimate of drug-likeness (QED) is 0.349. The molecule has 0 saturated heterocycles. The predicted molar refractivity (Wildman–Crippen MR) is 116 cm³/mol. The number of benzene rings is 1. The summed E-state index contributed by atoms with van der Waals surface area (Å²) in [6.07, 6.45) is 8.68. The Morgan fingerprint density at radius 1 is 0.968 bits per heavy atom. The number of unbranched alkanes of at least 4 members (excludes halogenated alkanes) is 5. The number of aliphatic hydroxyl groups excluding tert-OH is 2. The molecule has 1 heterocycles. The van der Waals surface area contributed by atoms with E-state index >= 15 is 0 Å². The van der Waals surface area contributed by atoms with Crippen molar-refractivity contribution in [1.29, 1.82) is 0 Å². The van der Waals surface area contributed by atoms with Crippen LogP contribution in [0.3, 0.4) is 0 Å². The van der Waals surface area contributed by atoms with Crippen LogP contribution in [0.15, 0.2) is 42.5 Å². The molecule has 0 radical (unpaired) electrons. The Balaban J connectivity index is 0.00000480. The van der Waals surface area contributed by atoms with E-state index in [9.17, 15) is 20.1 Å². The SMILES string of the molecule is CCCCCCCCC(O)CCc1cccc(CC(O)c2cccc(C(=O)[O-])c2)n1.[Li+]. The summed E-state index contributed by atoms with van der Waals surface area (Å²) in [7, 11) is 0. The average molecular weight is 419 g/mol. The van der Waals surface area contributed by atoms with Gasteiger partial charge >= 0.3 is 18.9 Å². The van der Waals surface area contributed by atoms with E-state index in [1.807, 2.05) is 18.2 Å². The molecule has 0 aliphatic heterocycles. The minimum atomic E-state index is -1.26. The number of carboxylic acid groups (broad SMARTS) is 1. The van der Waals surface area contributed by atoms with E-state index < -0.39 is 12.1 Å². The molecular weight excluding hydrogens is 385 g/mol. The summed E-state index contributed by atoms with van der Waals surface area (Å²) in [6, 6.07) is 11.9. The van der Waals surface area contributed by atoms with E-state index in [-0.39, 0.29) is 30.5 Å². The summed E-state index contributed by atoms with van der Waals surface area (Å²) in [6.45, 7) is 2.21. The van der Waals surface area contributed by atoms with Gasteiger partial charge in [-0.2, -0.15) is 0 Å². The second-order valence-electron chi connectivity index (χ2n) is 8.00. The minimum absolute atomic E-state index is 0. The molecule has 0 spiro atoms. The fourth-order valence-electron chi connectivity index (χ4n) is 3.59. The van der Waals surface area contributed by atoms with Crippen LogP contribution in [-0.4, -0.2) is 27.3 Å². The first kappa shape index (κ1) is 27.4. The van der Waals surface area contributed by atoms with Crippen molar-refractivity contribution in [2.75, 3.05) is 0 Å². The molecule has 0 amide bonds. The van der Waals surface area contributed by atoms with Gasteiger partial charge in [-0.05, 0) is 48.6 Å². The van der Waals surface area contributed by atoms with Crippen LogP contribution >= 0.6 is 0 Å². The van der Waals surface area contributed by atoms with Crippen LogP contribution in [0.25, 0.3) is 0 Å². The number of carbonyl (C=O) groups is 1. The summed E-state index contributed by atoms with van der Waals surface area (Å²) in [5.41, 5.74) is 2.21. The standard InChI is InChI=1S/C25H35NO4.Li/c1-2-3-4-5-6-7-14-23(27)16-15-21-12-9-13-22(26-21)18-24(28)19-10-8-11-20(17-19)25(29)30;/h8-13,17,23-24,27-28H,2-7,14-16,18H2,1H3,(H,29,30);/q;+1/p-1. The Hall–Kier alpha value is -1.64. The molecule has 0 fully saturated rings. The first-order chi connectivity index (χ1) is 14.5. The monoisotopic (exact) mass is 419 g/mol. The molecule has 2 N–H and O–H groups in total. The van der Waals surface area contributed by atoms with Gasteiger partial charge in [0, 0.05) is 17.8 Å². The maximum Gasteiger partial charge on any atom is 1.00 e. The van der Waals surface area contributed by atoms with Gasteiger partial charge in [0.25, 0.3) is 0 Å². The van der Waals surface area contributed by atoms with Crippen molar-refractivity contribution >= 4 is 5.97 Å². The molecule has 2 rings (SSSR count). The molecule has 0 bridgehead atoms. The van der Waals surface area contributed by atoms with Crippen molar-refractivity contribution in [3.63, 3.8) is 0 Å². The number of carbonyl (C=O) groups excluding carboxylic acids is 1. The number of aliphatic hydroxyl groups is 2. The third-order valence-electron chi connectivity index (χ3n) is 5.40. The number of hydrogen-bond acceptors (Lipinski definition) is 5. The molecule has 31 heavy (non-hydrogen) atoms. The Morgan fingerprint density at radius 2 is 1.65 bits per heavy atom. The number of aryl methyl sites for hydroxylation is 1. The molecule has 0 aliphatic rings. The predicted octanol–water partition coefficient (Wildman–Crippen LogP) is 0.769. The third-order valence-corrected chi connectivity index (χ3v) is 5.40. The molecule has 0 aliphatic carbocycles. The van der Waals surface area contributed by atoms with E-state index in [4.69, 9.17) is 0 Å². The molecule has 2 atom stereocenters. The van der Waals surface area contributed by atoms with Gasteiger partial charge in [0.2, 0.25) is 0 Å². The molecule has 1 aromatic heterocycles. The van der Waals surface area contributed by atoms with Crippen LogP contribution in [0.4, 0.5) is 0 Å². The first-order valence-electron chi connectivity index (χ1n) is 11.1. The number of pyridine rings is 1. The van der Waals surface area contributed by atoms with Gasteiger partial charge in [-0.15, -0.1) is 0 Å². The largest absolute Gasteiger partial charge is 1.00 e. The molecule has 5 nitrogen and oxygen atoms in total. The van der Waals surface area contributed by atoms with Crippen molar-refractivity contribution in [3.8, 4) is 0 Å². The van der Waals surface area contributed by atoms with Crippen molar-refractivity contribution in [1.82, 2.24) is 4.98 Å². The Kier molecular flexibility index (Phi) is 13.4. The van der Waals surface area contributed by atoms with Gasteiger partial charge in [0.15, 0.2) is 0 Å². The third kappa shape index (κ3) is 10.5. The maximum atomic E-state index is 11.0. The average Bonchev–Trinajstić information content (AvgIpc) is 2.75. The molecule has 0 saturated carbocycles. The minimum Gasteiger partial charge on any atom is -0.545 e. The van der Waals surface area contributed by atoms with Gasteiger partial charge in [-0.3, -0.25) is 4.98 Å². The summed E-state index contributed by atoms with van der Waals surface area (Å²) in [4.78, 5) is 15.6. The van der Waals surface area contributed by atoms with Gasteiger partial charge in [-0.25, -0.2) is 0 Å². The number of aromatic nitrogens is 1. The van der Waals surface area contributed by atoms with Gasteiger partial charge < -0.3 is 20.1 Å². The second-order valence-corrected chi connectivity index (χ2v) is 8.00. The van der Waals surface area contributed by atoms with E-state index in [2.05, 4.69) is 11.9 Å². The van der Waals surface area contributed by atoms with E-state index in [0.29, 0.717) is 24.8 Å². The number of nitrogens with zero attached hydrogens (tertiary/aromatic N) is 1. The number of rotatable bonds is 14. The Bertz CT molecular complexity index is 784. The van der Waals surface area contributed by atoms with E-state index in [0.717, 1.165) is 24.2 Å². The Labute approximate surface area is 198 Å². The van der Waals surface area contributed by atoms with Crippen molar-refractivity contribution in [3.05, 3.63) is 65.0 Å². The smallest absolute Gasteiger partial charge is 0.545 e. The van der Waals surface area contributed by atoms with Gasteiger partial charge in [-0.1, -0.05) is 69.7 Å². The molecule has 164 valence electrons. The summed E-state index contributed by atoms with van der Waals surface area (Å²) >= 11 is 0. The first-order valence-corrected chi connectivity index (χ1v) is 11.1. The van der Waals surface area contributed by atoms with E-state index in [1.165, 1.54) is 44.2 Å². The van der Waals surface area contributed by atoms with Crippen LogP contribution in [-0.2, 0) is 12.8 Å². The van der Waals surface area contributed by atoms with Crippen LogP contribution in [0.1, 0.15) is 91.7 Å². The number of aromatic carboxylic acids is 1. The summed E-state index contributed by atoms with van der Waals surface area (Å²) < 4.78 is 0. The van der Waals surface area contributed by atoms with Crippen LogP contribution in [0.5, 0.6) is 0 Å². The zero-order chi connectivity index (χ0) is 21.8. The fraction of sp³-hybridized carbons (Fsp3) is 0.520. The van der Waals surface area contributed by atoms with Crippen molar-refractivity contribution < 1.29 is 39.0 Å². The molecule has 6 heteroatoms. The second kappa shape index (κ2) is 15.2. The topological polar surface area (TPSA) is 93.5 Å². The van der Waals surface area contributed by atoms with E-state index in [1.54, 1.807) is 12.1 Å². The van der Waals surface area contributed by atoms with Crippen LogP contribution in [0.2, 0.25) is 0 Å². The summed E-state index contributed by atoms with van der Waals surface area (Å²) in [5.74, 6) is -1.26. The zero-order valence-corrected chi connectivity index (χ0v) is 18.9. The van der Waals surface area contributed by atoms with Gasteiger partial charge in [0.1, 0.15) is 0 Å². The molecule has 2 unspecified atom stereocenters. The van der Waals surface area contributed by atoms with Crippen molar-refractivity contribution in [2.24, 2.45) is 0 Å². The van der Waals surface area contributed by atoms with Gasteiger partial charge in [0.05, 0.1) is 18.2 Å². The van der Waals surface area contributed by atoms with Crippen LogP contribution < -0.4 is 24.0 Å². The number of hydrogen-bond donors (Lipinski definition) is 2. The molecular formula is C25H34LiNO4. The molecule has 1 aromatic carbocycles. The molecule has 2 aromatic rings.